The lowest BCUT2D eigenvalue weighted by molar-refractivity contribution is 0.101. The molecule has 27 heavy (non-hydrogen) atoms. The maximum atomic E-state index is 13.4. The van der Waals surface area contributed by atoms with Crippen LogP contribution in [0.25, 0.3) is 11.3 Å². The van der Waals surface area contributed by atoms with Crippen LogP contribution in [0, 0.1) is 5.82 Å². The monoisotopic (exact) mass is 390 g/mol. The number of thiazole rings is 1. The normalized spacial score (nSPS) is 10.4. The summed E-state index contributed by atoms with van der Waals surface area (Å²) in [5.41, 5.74) is 1.20. The fourth-order valence-electron chi connectivity index (χ4n) is 2.35. The first-order valence-electron chi connectivity index (χ1n) is 7.61. The van der Waals surface area contributed by atoms with Crippen LogP contribution in [0.1, 0.15) is 10.4 Å². The van der Waals surface area contributed by atoms with Gasteiger partial charge in [0.05, 0.1) is 27.0 Å². The molecule has 0 aliphatic heterocycles. The quantitative estimate of drug-likeness (QED) is 0.691. The SMILES string of the molecule is COc1cc(F)ccc1-c1csc(NC(=O)c2c(OC)ncnc2OC)n1. The van der Waals surface area contributed by atoms with Crippen molar-refractivity contribution < 1.29 is 23.4 Å². The van der Waals surface area contributed by atoms with Crippen LogP contribution in [-0.4, -0.2) is 42.2 Å². The number of nitrogens with one attached hydrogen (secondary N) is 1. The first kappa shape index (κ1) is 18.5. The highest BCUT2D eigenvalue weighted by atomic mass is 32.1. The second-order valence-electron chi connectivity index (χ2n) is 5.10. The highest BCUT2D eigenvalue weighted by Crippen LogP contribution is 2.33. The third kappa shape index (κ3) is 3.80. The summed E-state index contributed by atoms with van der Waals surface area (Å²) in [6, 6.07) is 4.14. The number of methoxy groups -OCH3 is 3. The Bertz CT molecular complexity index is 957. The van der Waals surface area contributed by atoms with Gasteiger partial charge in [0, 0.05) is 17.0 Å². The van der Waals surface area contributed by atoms with Gasteiger partial charge in [0.1, 0.15) is 17.9 Å². The lowest BCUT2D eigenvalue weighted by Gasteiger charge is -2.09. The number of ether oxygens (including phenoxy) is 3. The molecule has 0 fully saturated rings. The number of nitrogens with zero attached hydrogens (tertiary/aromatic N) is 3. The molecule has 0 atom stereocenters. The first-order chi connectivity index (χ1) is 13.1. The molecule has 1 N–H and O–H groups in total. The molecule has 0 saturated carbocycles. The van der Waals surface area contributed by atoms with Gasteiger partial charge in [-0.15, -0.1) is 11.3 Å². The molecule has 140 valence electrons. The van der Waals surface area contributed by atoms with Gasteiger partial charge in [-0.3, -0.25) is 10.1 Å². The third-order valence-corrected chi connectivity index (χ3v) is 4.31. The molecule has 0 saturated heterocycles. The number of aromatic nitrogens is 3. The Morgan fingerprint density at radius 2 is 1.81 bits per heavy atom. The Kier molecular flexibility index (Phi) is 5.46. The van der Waals surface area contributed by atoms with Crippen molar-refractivity contribution in [2.45, 2.75) is 0 Å². The molecule has 0 radical (unpaired) electrons. The summed E-state index contributed by atoms with van der Waals surface area (Å²) >= 11 is 1.20. The number of carbonyl (C=O) groups excluding carboxylic acids is 1. The topological polar surface area (TPSA) is 95.5 Å². The van der Waals surface area contributed by atoms with E-state index in [1.165, 1.54) is 51.1 Å². The van der Waals surface area contributed by atoms with E-state index in [1.807, 2.05) is 0 Å². The Hall–Kier alpha value is -3.27. The van der Waals surface area contributed by atoms with Gasteiger partial charge >= 0.3 is 0 Å². The molecule has 0 bridgehead atoms. The van der Waals surface area contributed by atoms with E-state index in [0.717, 1.165) is 0 Å². The largest absolute Gasteiger partial charge is 0.496 e. The van der Waals surface area contributed by atoms with Crippen LogP contribution in [-0.2, 0) is 0 Å². The van der Waals surface area contributed by atoms with Crippen LogP contribution >= 0.6 is 11.3 Å². The van der Waals surface area contributed by atoms with Gasteiger partial charge in [0.2, 0.25) is 11.8 Å². The summed E-state index contributed by atoms with van der Waals surface area (Å²) in [5.74, 6) is -0.440. The molecule has 1 aromatic carbocycles. The van der Waals surface area contributed by atoms with Crippen molar-refractivity contribution in [3.05, 3.63) is 41.3 Å². The average molecular weight is 390 g/mol. The van der Waals surface area contributed by atoms with Gasteiger partial charge in [-0.25, -0.2) is 19.3 Å². The van der Waals surface area contributed by atoms with Crippen molar-refractivity contribution in [1.82, 2.24) is 15.0 Å². The van der Waals surface area contributed by atoms with Gasteiger partial charge in [-0.1, -0.05) is 0 Å². The van der Waals surface area contributed by atoms with E-state index >= 15 is 0 Å². The van der Waals surface area contributed by atoms with Crippen LogP contribution in [0.4, 0.5) is 9.52 Å². The minimum absolute atomic E-state index is 0.0543. The molecule has 1 amide bonds. The fourth-order valence-corrected chi connectivity index (χ4v) is 3.05. The highest BCUT2D eigenvalue weighted by molar-refractivity contribution is 7.14. The van der Waals surface area contributed by atoms with E-state index in [0.29, 0.717) is 22.1 Å². The number of rotatable bonds is 6. The second kappa shape index (κ2) is 7.96. The van der Waals surface area contributed by atoms with Gasteiger partial charge in [0.15, 0.2) is 10.7 Å². The molecule has 0 spiro atoms. The van der Waals surface area contributed by atoms with Crippen LogP contribution in [0.15, 0.2) is 29.9 Å². The van der Waals surface area contributed by atoms with Crippen molar-refractivity contribution in [2.24, 2.45) is 0 Å². The fraction of sp³-hybridized carbons (Fsp3) is 0.176. The van der Waals surface area contributed by atoms with Crippen LogP contribution in [0.2, 0.25) is 0 Å². The Labute approximate surface area is 158 Å². The number of halogens is 1. The van der Waals surface area contributed by atoms with Crippen molar-refractivity contribution in [2.75, 3.05) is 26.6 Å². The molecule has 0 unspecified atom stereocenters. The summed E-state index contributed by atoms with van der Waals surface area (Å²) < 4.78 is 28.8. The maximum absolute atomic E-state index is 13.4. The van der Waals surface area contributed by atoms with E-state index in [9.17, 15) is 9.18 Å². The van der Waals surface area contributed by atoms with E-state index in [2.05, 4.69) is 20.3 Å². The van der Waals surface area contributed by atoms with E-state index in [4.69, 9.17) is 14.2 Å². The summed E-state index contributed by atoms with van der Waals surface area (Å²) in [5, 5.41) is 4.71. The maximum Gasteiger partial charge on any atom is 0.268 e. The molecule has 0 aliphatic carbocycles. The van der Waals surface area contributed by atoms with Gasteiger partial charge in [-0.05, 0) is 12.1 Å². The van der Waals surface area contributed by atoms with Crippen LogP contribution in [0.3, 0.4) is 0 Å². The summed E-state index contributed by atoms with van der Waals surface area (Å²) in [6.07, 6.45) is 1.23. The molecule has 3 rings (SSSR count). The number of hydrogen-bond donors (Lipinski definition) is 1. The molecule has 0 aliphatic rings. The van der Waals surface area contributed by atoms with Gasteiger partial charge in [-0.2, -0.15) is 0 Å². The van der Waals surface area contributed by atoms with Crippen LogP contribution in [0.5, 0.6) is 17.5 Å². The van der Waals surface area contributed by atoms with Gasteiger partial charge < -0.3 is 14.2 Å². The summed E-state index contributed by atoms with van der Waals surface area (Å²) in [4.78, 5) is 24.8. The number of carbonyl (C=O) groups is 1. The smallest absolute Gasteiger partial charge is 0.268 e. The van der Waals surface area contributed by atoms with E-state index in [-0.39, 0.29) is 17.3 Å². The van der Waals surface area contributed by atoms with Crippen molar-refractivity contribution >= 4 is 22.4 Å². The average Bonchev–Trinajstić information content (AvgIpc) is 3.14. The second-order valence-corrected chi connectivity index (χ2v) is 5.96. The Morgan fingerprint density at radius 1 is 1.11 bits per heavy atom. The zero-order chi connectivity index (χ0) is 19.4. The van der Waals surface area contributed by atoms with Crippen molar-refractivity contribution in [1.29, 1.82) is 0 Å². The Balaban J connectivity index is 1.88. The number of benzene rings is 1. The molecule has 10 heteroatoms. The summed E-state index contributed by atoms with van der Waals surface area (Å²) in [7, 11) is 4.23. The summed E-state index contributed by atoms with van der Waals surface area (Å²) in [6.45, 7) is 0. The lowest BCUT2D eigenvalue weighted by Crippen LogP contribution is -2.16. The molecular weight excluding hydrogens is 375 g/mol. The van der Waals surface area contributed by atoms with Crippen LogP contribution < -0.4 is 19.5 Å². The van der Waals surface area contributed by atoms with Crippen molar-refractivity contribution in [3.63, 3.8) is 0 Å². The zero-order valence-corrected chi connectivity index (χ0v) is 15.5. The number of amides is 1. The zero-order valence-electron chi connectivity index (χ0n) is 14.6. The van der Waals surface area contributed by atoms with Crippen molar-refractivity contribution in [3.8, 4) is 28.8 Å². The molecule has 8 nitrogen and oxygen atoms in total. The lowest BCUT2D eigenvalue weighted by atomic mass is 10.1. The minimum atomic E-state index is -0.531. The standard InChI is InChI=1S/C17H15FN4O4S/c1-24-12-6-9(18)4-5-10(12)11-7-27-17(21-11)22-14(23)13-15(25-2)19-8-20-16(13)26-3/h4-8H,1-3H3,(H,21,22,23). The van der Waals surface area contributed by atoms with E-state index < -0.39 is 11.7 Å². The van der Waals surface area contributed by atoms with Gasteiger partial charge in [0.25, 0.3) is 5.91 Å². The number of hydrogen-bond acceptors (Lipinski definition) is 8. The molecule has 2 aromatic heterocycles. The molecular formula is C17H15FN4O4S. The Morgan fingerprint density at radius 3 is 2.44 bits per heavy atom. The van der Waals surface area contributed by atoms with E-state index in [1.54, 1.807) is 11.4 Å². The first-order valence-corrected chi connectivity index (χ1v) is 8.49. The minimum Gasteiger partial charge on any atom is -0.496 e. The molecule has 2 heterocycles. The predicted molar refractivity (Wildman–Crippen MR) is 97.1 cm³/mol. The predicted octanol–water partition coefficient (Wildman–Crippen LogP) is 3.02. The highest BCUT2D eigenvalue weighted by Gasteiger charge is 2.22. The third-order valence-electron chi connectivity index (χ3n) is 3.56. The number of anilines is 1. The molecule has 3 aromatic rings.